The van der Waals surface area contributed by atoms with Gasteiger partial charge in [0.25, 0.3) is 0 Å². The smallest absolute Gasteiger partial charge is 0.194 e. The molecule has 4 heterocycles. The molecule has 2 fully saturated rings. The highest BCUT2D eigenvalue weighted by Gasteiger charge is 2.52. The average Bonchev–Trinajstić information content (AvgIpc) is 3.44. The molecule has 7 atom stereocenters. The van der Waals surface area contributed by atoms with Crippen LogP contribution in [0.1, 0.15) is 49.2 Å². The molecule has 2 aliphatic rings. The minimum Gasteiger partial charge on any atom is -0.394 e. The number of aliphatic hydroxyl groups is 3. The number of aliphatic hydroxyl groups excluding tert-OH is 2. The van der Waals surface area contributed by atoms with Crippen LogP contribution in [0.2, 0.25) is 0 Å². The normalized spacial score (nSPS) is 29.9. The number of thioether (sulfide) groups is 1. The van der Waals surface area contributed by atoms with Crippen molar-refractivity contribution >= 4 is 11.8 Å². The Labute approximate surface area is 251 Å². The zero-order valence-corrected chi connectivity index (χ0v) is 25.0. The number of pyridine rings is 1. The number of benzene rings is 1. The van der Waals surface area contributed by atoms with Gasteiger partial charge in [-0.15, -0.1) is 16.9 Å². The van der Waals surface area contributed by atoms with Crippen LogP contribution in [0.15, 0.2) is 36.7 Å². The number of methoxy groups -OCH3 is 1. The number of aromatic nitrogens is 4. The van der Waals surface area contributed by atoms with Crippen molar-refractivity contribution in [1.29, 1.82) is 0 Å². The van der Waals surface area contributed by atoms with Gasteiger partial charge in [-0.2, -0.15) is 0 Å². The van der Waals surface area contributed by atoms with Gasteiger partial charge in [-0.1, -0.05) is 11.3 Å². The molecule has 1 unspecified atom stereocenters. The summed E-state index contributed by atoms with van der Waals surface area (Å²) in [6, 6.07) is 4.33. The summed E-state index contributed by atoms with van der Waals surface area (Å²) in [6.45, 7) is 5.52. The molecule has 234 valence electrons. The van der Waals surface area contributed by atoms with Gasteiger partial charge in [0.2, 0.25) is 0 Å². The molecule has 0 aliphatic carbocycles. The summed E-state index contributed by atoms with van der Waals surface area (Å²) in [6.07, 6.45) is 0.341. The molecule has 2 saturated heterocycles. The van der Waals surface area contributed by atoms with E-state index >= 15 is 0 Å². The molecule has 3 aromatic rings. The fraction of sp³-hybridized carbons (Fsp3) is 0.552. The van der Waals surface area contributed by atoms with Crippen LogP contribution in [0.25, 0.3) is 11.3 Å². The minimum atomic E-state index is -1.60. The Morgan fingerprint density at radius 2 is 1.95 bits per heavy atom. The lowest BCUT2D eigenvalue weighted by Gasteiger charge is -2.48. The van der Waals surface area contributed by atoms with E-state index in [2.05, 4.69) is 15.3 Å². The summed E-state index contributed by atoms with van der Waals surface area (Å²) in [4.78, 5) is 4.62. The van der Waals surface area contributed by atoms with E-state index in [4.69, 9.17) is 14.2 Å². The second-order valence-corrected chi connectivity index (χ2v) is 12.8. The first-order valence-electron chi connectivity index (χ1n) is 13.8. The first-order chi connectivity index (χ1) is 20.4. The minimum absolute atomic E-state index is 0.0248. The summed E-state index contributed by atoms with van der Waals surface area (Å²) in [5.41, 5.74) is -1.24. The van der Waals surface area contributed by atoms with Gasteiger partial charge in [0.15, 0.2) is 17.5 Å². The van der Waals surface area contributed by atoms with E-state index in [1.807, 2.05) is 32.9 Å². The molecule has 43 heavy (non-hydrogen) atoms. The lowest BCUT2D eigenvalue weighted by Crippen LogP contribution is -2.56. The van der Waals surface area contributed by atoms with Crippen LogP contribution in [0, 0.1) is 24.4 Å². The Morgan fingerprint density at radius 3 is 2.58 bits per heavy atom. The van der Waals surface area contributed by atoms with E-state index in [0.29, 0.717) is 25.1 Å². The molecule has 2 aromatic heterocycles. The largest absolute Gasteiger partial charge is 0.394 e. The lowest BCUT2D eigenvalue weighted by molar-refractivity contribution is -0.187. The van der Waals surface area contributed by atoms with E-state index in [9.17, 15) is 28.5 Å². The standard InChI is InChI=1S/C29H35F3N4O6S/c1-15-6-5-8-33-22(15)26(29(39)7-9-41-28(2,3)14-29)43-27-25(40-4)23(24(38)20(13-37)42-27)36-12-19(34-35-36)16-10-17(30)21(32)18(31)11-16/h5-6,8,10-12,20,23-27,37-39H,7,9,13-14H2,1-4H3/t20-,23+,24+,25-,26?,27+,29-/m1/s1. The summed E-state index contributed by atoms with van der Waals surface area (Å²) in [5, 5.41) is 41.0. The molecule has 1 aromatic carbocycles. The van der Waals surface area contributed by atoms with Gasteiger partial charge < -0.3 is 29.5 Å². The number of ether oxygens (including phenoxy) is 3. The fourth-order valence-corrected chi connectivity index (χ4v) is 7.67. The van der Waals surface area contributed by atoms with Gasteiger partial charge in [0.05, 0.1) is 41.6 Å². The molecule has 2 aliphatic heterocycles. The molecular weight excluding hydrogens is 589 g/mol. The highest BCUT2D eigenvalue weighted by Crippen LogP contribution is 2.51. The van der Waals surface area contributed by atoms with Crippen LogP contribution in [-0.2, 0) is 14.2 Å². The quantitative estimate of drug-likeness (QED) is 0.320. The summed E-state index contributed by atoms with van der Waals surface area (Å²) < 4.78 is 60.6. The summed E-state index contributed by atoms with van der Waals surface area (Å²) >= 11 is 1.26. The predicted molar refractivity (Wildman–Crippen MR) is 150 cm³/mol. The van der Waals surface area contributed by atoms with Crippen LogP contribution in [0.4, 0.5) is 13.2 Å². The molecule has 10 nitrogen and oxygen atoms in total. The maximum Gasteiger partial charge on any atom is 0.194 e. The van der Waals surface area contributed by atoms with Gasteiger partial charge in [0, 0.05) is 31.7 Å². The number of nitrogens with zero attached hydrogens (tertiary/aromatic N) is 4. The van der Waals surface area contributed by atoms with E-state index in [0.717, 1.165) is 17.7 Å². The molecular formula is C29H35F3N4O6S. The van der Waals surface area contributed by atoms with Crippen LogP contribution in [0.5, 0.6) is 0 Å². The summed E-state index contributed by atoms with van der Waals surface area (Å²) in [5.74, 6) is -4.37. The van der Waals surface area contributed by atoms with Crippen LogP contribution in [0.3, 0.4) is 0 Å². The van der Waals surface area contributed by atoms with Crippen molar-refractivity contribution < 1.29 is 42.7 Å². The van der Waals surface area contributed by atoms with Gasteiger partial charge in [-0.3, -0.25) is 4.98 Å². The Hall–Kier alpha value is -2.59. The van der Waals surface area contributed by atoms with Crippen molar-refractivity contribution in [3.63, 3.8) is 0 Å². The van der Waals surface area contributed by atoms with E-state index in [-0.39, 0.29) is 11.3 Å². The van der Waals surface area contributed by atoms with Gasteiger partial charge in [-0.25, -0.2) is 17.9 Å². The molecule has 0 saturated carbocycles. The van der Waals surface area contributed by atoms with Crippen molar-refractivity contribution in [2.24, 2.45) is 0 Å². The van der Waals surface area contributed by atoms with Gasteiger partial charge >= 0.3 is 0 Å². The first-order valence-corrected chi connectivity index (χ1v) is 14.8. The zero-order chi connectivity index (χ0) is 31.1. The molecule has 0 bridgehead atoms. The van der Waals surface area contributed by atoms with Crippen molar-refractivity contribution in [3.05, 3.63) is 65.4 Å². The number of hydrogen-bond donors (Lipinski definition) is 3. The van der Waals surface area contributed by atoms with E-state index < -0.39 is 70.3 Å². The number of halogens is 3. The van der Waals surface area contributed by atoms with E-state index in [1.54, 1.807) is 6.20 Å². The molecule has 3 N–H and O–H groups in total. The fourth-order valence-electron chi connectivity index (χ4n) is 5.94. The van der Waals surface area contributed by atoms with Crippen LogP contribution in [-0.4, -0.2) is 90.6 Å². The third-order valence-electron chi connectivity index (χ3n) is 8.01. The lowest BCUT2D eigenvalue weighted by atomic mass is 9.80. The monoisotopic (exact) mass is 624 g/mol. The van der Waals surface area contributed by atoms with Crippen molar-refractivity contribution in [2.45, 2.75) is 79.9 Å². The second kappa shape index (κ2) is 12.4. The van der Waals surface area contributed by atoms with Crippen LogP contribution < -0.4 is 0 Å². The Balaban J connectivity index is 1.52. The van der Waals surface area contributed by atoms with Gasteiger partial charge in [0.1, 0.15) is 35.5 Å². The maximum atomic E-state index is 13.9. The third kappa shape index (κ3) is 6.32. The second-order valence-electron chi connectivity index (χ2n) is 11.6. The van der Waals surface area contributed by atoms with Crippen molar-refractivity contribution in [1.82, 2.24) is 20.0 Å². The molecule has 0 amide bonds. The topological polar surface area (TPSA) is 132 Å². The zero-order valence-electron chi connectivity index (χ0n) is 24.2. The Morgan fingerprint density at radius 1 is 1.23 bits per heavy atom. The molecule has 0 radical (unpaired) electrons. The summed E-state index contributed by atoms with van der Waals surface area (Å²) in [7, 11) is 1.43. The highest BCUT2D eigenvalue weighted by molar-refractivity contribution is 8.00. The average molecular weight is 625 g/mol. The molecule has 5 rings (SSSR count). The number of rotatable bonds is 8. The highest BCUT2D eigenvalue weighted by atomic mass is 32.2. The number of hydrogen-bond acceptors (Lipinski definition) is 10. The first kappa shape index (κ1) is 31.8. The van der Waals surface area contributed by atoms with Crippen LogP contribution >= 0.6 is 11.8 Å². The predicted octanol–water partition coefficient (Wildman–Crippen LogP) is 3.49. The Kier molecular flexibility index (Phi) is 9.19. The molecule has 14 heteroatoms. The van der Waals surface area contributed by atoms with E-state index in [1.165, 1.54) is 29.8 Å². The van der Waals surface area contributed by atoms with Crippen molar-refractivity contribution in [3.8, 4) is 11.3 Å². The Bertz CT molecular complexity index is 1420. The number of aryl methyl sites for hydroxylation is 1. The van der Waals surface area contributed by atoms with Crippen molar-refractivity contribution in [2.75, 3.05) is 20.3 Å². The third-order valence-corrected chi connectivity index (χ3v) is 9.59. The SMILES string of the molecule is CO[C@@H]1[C@@H](n2cc(-c3cc(F)c(F)c(F)c3)nn2)[C@@H](O)[C@@H](CO)O[C@H]1SC(c1ncccc1C)[C@@]1(O)CCOC(C)(C)C1. The van der Waals surface area contributed by atoms with Gasteiger partial charge in [-0.05, 0) is 44.5 Å². The maximum absolute atomic E-state index is 13.9. The molecule has 0 spiro atoms.